The van der Waals surface area contributed by atoms with Crippen LogP contribution in [0.15, 0.2) is 24.4 Å². The molecule has 3 saturated heterocycles. The van der Waals surface area contributed by atoms with Gasteiger partial charge in [-0.3, -0.25) is 19.6 Å². The molecular formula is C19H29N5O. The molecule has 0 radical (unpaired) electrons. The fourth-order valence-electron chi connectivity index (χ4n) is 4.68. The van der Waals surface area contributed by atoms with Gasteiger partial charge in [0, 0.05) is 58.1 Å². The molecule has 3 aliphatic rings. The summed E-state index contributed by atoms with van der Waals surface area (Å²) in [5, 5.41) is 0. The molecule has 3 atom stereocenters. The van der Waals surface area contributed by atoms with Crippen molar-refractivity contribution < 1.29 is 4.79 Å². The number of amides is 1. The Morgan fingerprint density at radius 2 is 1.96 bits per heavy atom. The van der Waals surface area contributed by atoms with Crippen LogP contribution in [-0.2, 0) is 11.3 Å². The molecule has 0 aromatic carbocycles. The Morgan fingerprint density at radius 1 is 1.16 bits per heavy atom. The number of piperazine rings is 1. The van der Waals surface area contributed by atoms with E-state index in [4.69, 9.17) is 0 Å². The maximum atomic E-state index is 13.0. The molecule has 4 rings (SSSR count). The summed E-state index contributed by atoms with van der Waals surface area (Å²) in [6.45, 7) is 6.78. The zero-order valence-electron chi connectivity index (χ0n) is 15.3. The predicted molar refractivity (Wildman–Crippen MR) is 97.0 cm³/mol. The normalized spacial score (nSPS) is 31.4. The van der Waals surface area contributed by atoms with Gasteiger partial charge in [0.1, 0.15) is 0 Å². The zero-order chi connectivity index (χ0) is 17.4. The van der Waals surface area contributed by atoms with Gasteiger partial charge < -0.3 is 9.80 Å². The van der Waals surface area contributed by atoms with E-state index in [9.17, 15) is 4.79 Å². The van der Waals surface area contributed by atoms with Crippen molar-refractivity contribution in [2.75, 3.05) is 53.4 Å². The number of likely N-dealkylation sites (tertiary alicyclic amines) is 2. The lowest BCUT2D eigenvalue weighted by atomic mass is 10.0. The summed E-state index contributed by atoms with van der Waals surface area (Å²) in [5.74, 6) is 0.955. The van der Waals surface area contributed by atoms with Crippen LogP contribution in [0.5, 0.6) is 0 Å². The first-order valence-corrected chi connectivity index (χ1v) is 9.43. The molecule has 136 valence electrons. The van der Waals surface area contributed by atoms with Crippen LogP contribution < -0.4 is 0 Å². The van der Waals surface area contributed by atoms with Crippen LogP contribution in [0, 0.1) is 5.92 Å². The maximum Gasteiger partial charge on any atom is 0.240 e. The fourth-order valence-corrected chi connectivity index (χ4v) is 4.68. The van der Waals surface area contributed by atoms with E-state index >= 15 is 0 Å². The molecule has 25 heavy (non-hydrogen) atoms. The van der Waals surface area contributed by atoms with Crippen molar-refractivity contribution in [2.45, 2.75) is 25.0 Å². The van der Waals surface area contributed by atoms with Gasteiger partial charge in [-0.15, -0.1) is 0 Å². The third-order valence-corrected chi connectivity index (χ3v) is 6.23. The molecule has 6 nitrogen and oxygen atoms in total. The number of carbonyl (C=O) groups is 1. The van der Waals surface area contributed by atoms with E-state index in [0.29, 0.717) is 17.9 Å². The quantitative estimate of drug-likeness (QED) is 0.793. The molecule has 6 heteroatoms. The Bertz CT molecular complexity index is 601. The van der Waals surface area contributed by atoms with Crippen LogP contribution in [0.2, 0.25) is 0 Å². The van der Waals surface area contributed by atoms with Gasteiger partial charge in [-0.25, -0.2) is 0 Å². The van der Waals surface area contributed by atoms with Gasteiger partial charge in [-0.05, 0) is 38.6 Å². The van der Waals surface area contributed by atoms with Crippen molar-refractivity contribution in [3.63, 3.8) is 0 Å². The van der Waals surface area contributed by atoms with E-state index in [1.807, 2.05) is 12.3 Å². The first kappa shape index (κ1) is 16.9. The first-order chi connectivity index (χ1) is 12.1. The van der Waals surface area contributed by atoms with E-state index in [-0.39, 0.29) is 6.04 Å². The molecular weight excluding hydrogens is 314 g/mol. The second-order valence-corrected chi connectivity index (χ2v) is 7.89. The molecule has 3 fully saturated rings. The number of hydrogen-bond acceptors (Lipinski definition) is 5. The number of aromatic nitrogens is 1. The molecule has 0 N–H and O–H groups in total. The summed E-state index contributed by atoms with van der Waals surface area (Å²) in [5.41, 5.74) is 1.13. The Morgan fingerprint density at radius 3 is 2.64 bits per heavy atom. The van der Waals surface area contributed by atoms with E-state index in [1.165, 1.54) is 0 Å². The third kappa shape index (κ3) is 3.43. The molecule has 1 amide bonds. The summed E-state index contributed by atoms with van der Waals surface area (Å²) in [4.78, 5) is 26.6. The summed E-state index contributed by atoms with van der Waals surface area (Å²) in [6.07, 6.45) is 2.87. The standard InChI is InChI=1S/C19H29N5O/c1-21-7-9-24(10-8-21)19(25)17-11-15-12-23(14-18(15)22(17)2)13-16-5-3-4-6-20-16/h3-6,15,17-18H,7-14H2,1-2H3/t15-,17-,18+/m0/s1. The van der Waals surface area contributed by atoms with Gasteiger partial charge in [0.2, 0.25) is 5.91 Å². The lowest BCUT2D eigenvalue weighted by Crippen LogP contribution is -2.53. The monoisotopic (exact) mass is 343 g/mol. The van der Waals surface area contributed by atoms with Gasteiger partial charge >= 0.3 is 0 Å². The van der Waals surface area contributed by atoms with Crippen LogP contribution in [0.25, 0.3) is 0 Å². The minimum Gasteiger partial charge on any atom is -0.339 e. The van der Waals surface area contributed by atoms with Crippen molar-refractivity contribution in [1.82, 2.24) is 24.6 Å². The van der Waals surface area contributed by atoms with Crippen molar-refractivity contribution >= 4 is 5.91 Å². The number of fused-ring (bicyclic) bond motifs is 1. The molecule has 0 spiro atoms. The average Bonchev–Trinajstić information content (AvgIpc) is 3.15. The number of likely N-dealkylation sites (N-methyl/N-ethyl adjacent to an activating group) is 2. The highest BCUT2D eigenvalue weighted by Crippen LogP contribution is 2.35. The van der Waals surface area contributed by atoms with Crippen LogP contribution in [0.1, 0.15) is 12.1 Å². The topological polar surface area (TPSA) is 42.9 Å². The fraction of sp³-hybridized carbons (Fsp3) is 0.684. The molecule has 0 saturated carbocycles. The third-order valence-electron chi connectivity index (χ3n) is 6.23. The molecule has 1 aromatic heterocycles. The lowest BCUT2D eigenvalue weighted by Gasteiger charge is -2.36. The molecule has 0 aliphatic carbocycles. The highest BCUT2D eigenvalue weighted by atomic mass is 16.2. The predicted octanol–water partition coefficient (Wildman–Crippen LogP) is 0.360. The van der Waals surface area contributed by atoms with Crippen LogP contribution in [-0.4, -0.2) is 95.9 Å². The summed E-state index contributed by atoms with van der Waals surface area (Å²) >= 11 is 0. The molecule has 1 aromatic rings. The largest absolute Gasteiger partial charge is 0.339 e. The number of hydrogen-bond donors (Lipinski definition) is 0. The Kier molecular flexibility index (Phi) is 4.75. The maximum absolute atomic E-state index is 13.0. The number of carbonyl (C=O) groups excluding carboxylic acids is 1. The van der Waals surface area contributed by atoms with Gasteiger partial charge in [0.25, 0.3) is 0 Å². The van der Waals surface area contributed by atoms with Crippen LogP contribution >= 0.6 is 0 Å². The average molecular weight is 343 g/mol. The number of pyridine rings is 1. The van der Waals surface area contributed by atoms with Gasteiger partial charge in [0.15, 0.2) is 0 Å². The first-order valence-electron chi connectivity index (χ1n) is 9.43. The Balaban J connectivity index is 1.34. The highest BCUT2D eigenvalue weighted by Gasteiger charge is 2.48. The highest BCUT2D eigenvalue weighted by molar-refractivity contribution is 5.82. The summed E-state index contributed by atoms with van der Waals surface area (Å²) in [7, 11) is 4.28. The van der Waals surface area contributed by atoms with Crippen molar-refractivity contribution in [1.29, 1.82) is 0 Å². The Hall–Kier alpha value is -1.50. The second kappa shape index (κ2) is 7.02. The van der Waals surface area contributed by atoms with Crippen molar-refractivity contribution in [3.8, 4) is 0 Å². The Labute approximate surface area is 150 Å². The van der Waals surface area contributed by atoms with E-state index < -0.39 is 0 Å². The summed E-state index contributed by atoms with van der Waals surface area (Å²) < 4.78 is 0. The van der Waals surface area contributed by atoms with E-state index in [1.54, 1.807) is 0 Å². The lowest BCUT2D eigenvalue weighted by molar-refractivity contribution is -0.137. The van der Waals surface area contributed by atoms with Gasteiger partial charge in [0.05, 0.1) is 11.7 Å². The van der Waals surface area contributed by atoms with Crippen LogP contribution in [0.4, 0.5) is 0 Å². The van der Waals surface area contributed by atoms with E-state index in [2.05, 4.69) is 50.8 Å². The summed E-state index contributed by atoms with van der Waals surface area (Å²) in [6, 6.07) is 6.69. The van der Waals surface area contributed by atoms with Crippen molar-refractivity contribution in [3.05, 3.63) is 30.1 Å². The zero-order valence-corrected chi connectivity index (χ0v) is 15.3. The minimum atomic E-state index is 0.0791. The minimum absolute atomic E-state index is 0.0791. The molecule has 0 bridgehead atoms. The smallest absolute Gasteiger partial charge is 0.240 e. The SMILES string of the molecule is CN1CCN(C(=O)[C@@H]2C[C@H]3CN(Cc4ccccn4)C[C@H]3N2C)CC1. The molecule has 3 aliphatic heterocycles. The number of rotatable bonds is 3. The number of nitrogens with zero attached hydrogens (tertiary/aromatic N) is 5. The van der Waals surface area contributed by atoms with Crippen molar-refractivity contribution in [2.24, 2.45) is 5.92 Å². The van der Waals surface area contributed by atoms with Gasteiger partial charge in [-0.1, -0.05) is 6.07 Å². The molecule has 0 unspecified atom stereocenters. The second-order valence-electron chi connectivity index (χ2n) is 7.89. The molecule has 4 heterocycles. The van der Waals surface area contributed by atoms with Crippen LogP contribution in [0.3, 0.4) is 0 Å². The van der Waals surface area contributed by atoms with Gasteiger partial charge in [-0.2, -0.15) is 0 Å². The van der Waals surface area contributed by atoms with E-state index in [0.717, 1.165) is 57.9 Å².